The van der Waals surface area contributed by atoms with Crippen molar-refractivity contribution in [1.29, 1.82) is 0 Å². The molecule has 3 rings (SSSR count). The predicted octanol–water partition coefficient (Wildman–Crippen LogP) is 2.25. The minimum atomic E-state index is -0.390. The molecule has 3 N–H and O–H groups in total. The van der Waals surface area contributed by atoms with E-state index in [1.54, 1.807) is 24.3 Å². The molecular formula is C19H19N5O3S. The second-order valence-corrected chi connectivity index (χ2v) is 7.45. The maximum absolute atomic E-state index is 12.2. The summed E-state index contributed by atoms with van der Waals surface area (Å²) in [5, 5.41) is 7.15. The van der Waals surface area contributed by atoms with Crippen LogP contribution in [0.15, 0.2) is 34.2 Å². The Labute approximate surface area is 164 Å². The Hall–Kier alpha value is -3.33. The van der Waals surface area contributed by atoms with Crippen molar-refractivity contribution in [3.63, 3.8) is 0 Å². The highest BCUT2D eigenvalue weighted by Crippen LogP contribution is 2.25. The normalized spacial score (nSPS) is 11.1. The molecule has 28 heavy (non-hydrogen) atoms. The Bertz CT molecular complexity index is 1130. The molecule has 3 aromatic rings. The van der Waals surface area contributed by atoms with Crippen molar-refractivity contribution in [3.8, 4) is 0 Å². The molecule has 0 atom stereocenters. The zero-order valence-corrected chi connectivity index (χ0v) is 16.4. The number of benzene rings is 1. The van der Waals surface area contributed by atoms with E-state index in [1.807, 2.05) is 13.8 Å². The standard InChI is InChI=1S/C19H19N5O3S/c1-10-11(2)28-19-17(10)18(27)22-15(23-19)8-16(26)24-20-9-13-4-6-14(7-5-13)21-12(3)25/h4-7,9H,8H2,1-3H3,(H,21,25)(H,24,26)(H,22,23,27)/b20-9+. The number of amides is 2. The van der Waals surface area contributed by atoms with Gasteiger partial charge in [-0.3, -0.25) is 14.4 Å². The number of H-pyrrole nitrogens is 1. The van der Waals surface area contributed by atoms with Gasteiger partial charge in [-0.2, -0.15) is 5.10 Å². The van der Waals surface area contributed by atoms with Crippen LogP contribution in [0.2, 0.25) is 0 Å². The number of aryl methyl sites for hydroxylation is 2. The van der Waals surface area contributed by atoms with Gasteiger partial charge in [-0.25, -0.2) is 10.4 Å². The summed E-state index contributed by atoms with van der Waals surface area (Å²) in [6, 6.07) is 6.99. The lowest BCUT2D eigenvalue weighted by Crippen LogP contribution is -2.23. The number of rotatable bonds is 5. The van der Waals surface area contributed by atoms with Gasteiger partial charge in [0, 0.05) is 17.5 Å². The van der Waals surface area contributed by atoms with Crippen molar-refractivity contribution in [2.75, 3.05) is 5.32 Å². The van der Waals surface area contributed by atoms with E-state index < -0.39 is 5.91 Å². The number of nitrogens with zero attached hydrogens (tertiary/aromatic N) is 2. The molecule has 0 aliphatic heterocycles. The van der Waals surface area contributed by atoms with Gasteiger partial charge < -0.3 is 10.3 Å². The number of fused-ring (bicyclic) bond motifs is 1. The lowest BCUT2D eigenvalue weighted by Gasteiger charge is -2.02. The first-order valence-electron chi connectivity index (χ1n) is 8.52. The second-order valence-electron chi connectivity index (χ2n) is 6.25. The molecule has 2 heterocycles. The summed E-state index contributed by atoms with van der Waals surface area (Å²) in [6.07, 6.45) is 1.40. The monoisotopic (exact) mass is 397 g/mol. The molecule has 0 saturated heterocycles. The van der Waals surface area contributed by atoms with Crippen molar-refractivity contribution in [1.82, 2.24) is 15.4 Å². The summed E-state index contributed by atoms with van der Waals surface area (Å²) in [4.78, 5) is 44.0. The smallest absolute Gasteiger partial charge is 0.259 e. The summed E-state index contributed by atoms with van der Waals surface area (Å²) >= 11 is 1.44. The summed E-state index contributed by atoms with van der Waals surface area (Å²) < 4.78 is 0. The highest BCUT2D eigenvalue weighted by Gasteiger charge is 2.13. The molecule has 0 fully saturated rings. The molecule has 144 valence electrons. The fourth-order valence-electron chi connectivity index (χ4n) is 2.61. The average Bonchev–Trinajstić information content (AvgIpc) is 2.90. The molecule has 0 saturated carbocycles. The summed E-state index contributed by atoms with van der Waals surface area (Å²) in [5.41, 5.74) is 4.53. The molecule has 8 nitrogen and oxygen atoms in total. The number of nitrogens with one attached hydrogen (secondary N) is 3. The molecular weight excluding hydrogens is 378 g/mol. The maximum Gasteiger partial charge on any atom is 0.259 e. The first kappa shape index (κ1) is 19.4. The highest BCUT2D eigenvalue weighted by atomic mass is 32.1. The van der Waals surface area contributed by atoms with Crippen LogP contribution in [0.5, 0.6) is 0 Å². The number of hydrogen-bond donors (Lipinski definition) is 3. The first-order chi connectivity index (χ1) is 13.3. The molecule has 0 radical (unpaired) electrons. The van der Waals surface area contributed by atoms with Crippen molar-refractivity contribution >= 4 is 45.3 Å². The third-order valence-electron chi connectivity index (χ3n) is 4.05. The number of carbonyl (C=O) groups is 2. The van der Waals surface area contributed by atoms with Crippen LogP contribution in [-0.4, -0.2) is 28.0 Å². The average molecular weight is 397 g/mol. The number of carbonyl (C=O) groups excluding carboxylic acids is 2. The second kappa shape index (κ2) is 8.13. The number of thiophene rings is 1. The Kier molecular flexibility index (Phi) is 5.65. The van der Waals surface area contributed by atoms with Gasteiger partial charge in [0.2, 0.25) is 11.8 Å². The van der Waals surface area contributed by atoms with Gasteiger partial charge >= 0.3 is 0 Å². The van der Waals surface area contributed by atoms with Gasteiger partial charge in [-0.15, -0.1) is 11.3 Å². The summed E-state index contributed by atoms with van der Waals surface area (Å²) in [6.45, 7) is 5.26. The van der Waals surface area contributed by atoms with Crippen LogP contribution in [0.4, 0.5) is 5.69 Å². The predicted molar refractivity (Wildman–Crippen MR) is 110 cm³/mol. The number of aromatic amines is 1. The molecule has 0 bridgehead atoms. The van der Waals surface area contributed by atoms with Gasteiger partial charge in [0.05, 0.1) is 18.0 Å². The largest absolute Gasteiger partial charge is 0.326 e. The van der Waals surface area contributed by atoms with Crippen LogP contribution in [-0.2, 0) is 16.0 Å². The van der Waals surface area contributed by atoms with Gasteiger partial charge in [-0.1, -0.05) is 12.1 Å². The molecule has 2 aromatic heterocycles. The van der Waals surface area contributed by atoms with Crippen molar-refractivity contribution in [2.24, 2.45) is 5.10 Å². The van der Waals surface area contributed by atoms with Crippen molar-refractivity contribution < 1.29 is 9.59 Å². The van der Waals surface area contributed by atoms with E-state index in [4.69, 9.17) is 0 Å². The SMILES string of the molecule is CC(=O)Nc1ccc(/C=N/NC(=O)Cc2nc3sc(C)c(C)c3c(=O)[nH]2)cc1. The molecule has 0 spiro atoms. The van der Waals surface area contributed by atoms with Crippen LogP contribution in [0, 0.1) is 13.8 Å². The minimum Gasteiger partial charge on any atom is -0.326 e. The third-order valence-corrected chi connectivity index (χ3v) is 5.15. The Balaban J connectivity index is 1.62. The topological polar surface area (TPSA) is 116 Å². The Morgan fingerprint density at radius 3 is 2.64 bits per heavy atom. The minimum absolute atomic E-state index is 0.0833. The molecule has 0 aliphatic rings. The van der Waals surface area contributed by atoms with Gasteiger partial charge in [-0.05, 0) is 37.1 Å². The fourth-order valence-corrected chi connectivity index (χ4v) is 3.66. The van der Waals surface area contributed by atoms with E-state index in [1.165, 1.54) is 24.5 Å². The van der Waals surface area contributed by atoms with Gasteiger partial charge in [0.25, 0.3) is 5.56 Å². The van der Waals surface area contributed by atoms with Gasteiger partial charge in [0.1, 0.15) is 10.7 Å². The molecule has 9 heteroatoms. The highest BCUT2D eigenvalue weighted by molar-refractivity contribution is 7.18. The van der Waals surface area contributed by atoms with E-state index >= 15 is 0 Å². The van der Waals surface area contributed by atoms with Crippen LogP contribution in [0.1, 0.15) is 28.8 Å². The van der Waals surface area contributed by atoms with E-state index in [0.717, 1.165) is 16.0 Å². The molecule has 0 unspecified atom stereocenters. The quantitative estimate of drug-likeness (QED) is 0.452. The van der Waals surface area contributed by atoms with Gasteiger partial charge in [0.15, 0.2) is 0 Å². The first-order valence-corrected chi connectivity index (χ1v) is 9.33. The lowest BCUT2D eigenvalue weighted by molar-refractivity contribution is -0.120. The van der Waals surface area contributed by atoms with Crippen molar-refractivity contribution in [2.45, 2.75) is 27.2 Å². The zero-order valence-electron chi connectivity index (χ0n) is 15.6. The number of anilines is 1. The number of hydrogen-bond acceptors (Lipinski definition) is 6. The maximum atomic E-state index is 12.2. The van der Waals surface area contributed by atoms with E-state index in [0.29, 0.717) is 21.7 Å². The molecule has 1 aromatic carbocycles. The van der Waals surface area contributed by atoms with Crippen LogP contribution in [0.3, 0.4) is 0 Å². The van der Waals surface area contributed by atoms with Crippen LogP contribution < -0.4 is 16.3 Å². The fraction of sp³-hybridized carbons (Fsp3) is 0.211. The van der Waals surface area contributed by atoms with E-state index in [-0.39, 0.29) is 17.9 Å². The van der Waals surface area contributed by atoms with E-state index in [2.05, 4.69) is 25.8 Å². The summed E-state index contributed by atoms with van der Waals surface area (Å²) in [7, 11) is 0. The van der Waals surface area contributed by atoms with Crippen molar-refractivity contribution in [3.05, 3.63) is 56.4 Å². The Morgan fingerprint density at radius 2 is 1.96 bits per heavy atom. The molecule has 2 amide bonds. The Morgan fingerprint density at radius 1 is 1.25 bits per heavy atom. The van der Waals surface area contributed by atoms with Crippen LogP contribution >= 0.6 is 11.3 Å². The van der Waals surface area contributed by atoms with Crippen LogP contribution in [0.25, 0.3) is 10.2 Å². The summed E-state index contributed by atoms with van der Waals surface area (Å²) in [5.74, 6) is -0.240. The zero-order chi connectivity index (χ0) is 20.3. The lowest BCUT2D eigenvalue weighted by atomic mass is 10.2. The van der Waals surface area contributed by atoms with E-state index in [9.17, 15) is 14.4 Å². The third kappa shape index (κ3) is 4.49. The number of aromatic nitrogens is 2. The molecule has 0 aliphatic carbocycles. The number of hydrazone groups is 1.